The summed E-state index contributed by atoms with van der Waals surface area (Å²) < 4.78 is 26.9. The second kappa shape index (κ2) is 6.51. The van der Waals surface area contributed by atoms with Gasteiger partial charge in [0.05, 0.1) is 30.7 Å². The zero-order valence-corrected chi connectivity index (χ0v) is 15.5. The number of carbonyl (C=O) groups excluding carboxylic acids is 1. The zero-order chi connectivity index (χ0) is 18.3. The molecule has 2 aromatic heterocycles. The molecule has 1 aliphatic carbocycles. The van der Waals surface area contributed by atoms with Crippen molar-refractivity contribution in [2.45, 2.75) is 45.3 Å². The Morgan fingerprint density at radius 2 is 2.15 bits per heavy atom. The van der Waals surface area contributed by atoms with Gasteiger partial charge in [-0.15, -0.1) is 0 Å². The molecule has 0 fully saturated rings. The molecule has 0 spiro atoms. The normalized spacial score (nSPS) is 17.6. The summed E-state index contributed by atoms with van der Waals surface area (Å²) in [7, 11) is -3.23. The van der Waals surface area contributed by atoms with Crippen LogP contribution in [0.5, 0.6) is 0 Å². The highest BCUT2D eigenvalue weighted by Crippen LogP contribution is 2.22. The predicted octanol–water partition coefficient (Wildman–Crippen LogP) is 0.190. The van der Waals surface area contributed by atoms with Crippen LogP contribution in [-0.2, 0) is 42.5 Å². The molecule has 9 nitrogen and oxygen atoms in total. The van der Waals surface area contributed by atoms with E-state index in [1.807, 2.05) is 10.7 Å². The smallest absolute Gasteiger partial charge is 0.272 e. The number of H-pyrrole nitrogens is 1. The lowest BCUT2D eigenvalue weighted by Crippen LogP contribution is -2.29. The SMILES string of the molecule is CS(=O)(=O)N1CCCn2nc(CNC(=O)c3n[nH]c4c3CCC4)cc2C1. The topological polar surface area (TPSA) is 113 Å². The largest absolute Gasteiger partial charge is 0.345 e. The molecule has 26 heavy (non-hydrogen) atoms. The molecular formula is C16H22N6O3S. The molecule has 140 valence electrons. The molecule has 2 aliphatic rings. The van der Waals surface area contributed by atoms with Gasteiger partial charge in [-0.3, -0.25) is 14.6 Å². The van der Waals surface area contributed by atoms with Crippen molar-refractivity contribution < 1.29 is 13.2 Å². The minimum atomic E-state index is -3.23. The highest BCUT2D eigenvalue weighted by Gasteiger charge is 2.24. The number of nitrogens with one attached hydrogen (secondary N) is 2. The first kappa shape index (κ1) is 17.2. The van der Waals surface area contributed by atoms with E-state index in [0.717, 1.165) is 41.9 Å². The monoisotopic (exact) mass is 378 g/mol. The summed E-state index contributed by atoms with van der Waals surface area (Å²) >= 11 is 0. The van der Waals surface area contributed by atoms with Crippen LogP contribution in [0.15, 0.2) is 6.07 Å². The highest BCUT2D eigenvalue weighted by atomic mass is 32.2. The quantitative estimate of drug-likeness (QED) is 0.789. The average molecular weight is 378 g/mol. The molecule has 4 rings (SSSR count). The molecule has 2 aromatic rings. The summed E-state index contributed by atoms with van der Waals surface area (Å²) in [5, 5.41) is 14.4. The van der Waals surface area contributed by atoms with Crippen LogP contribution in [0, 0.1) is 0 Å². The first-order chi connectivity index (χ1) is 12.4. The number of aryl methyl sites for hydroxylation is 2. The number of rotatable bonds is 4. The molecule has 0 radical (unpaired) electrons. The van der Waals surface area contributed by atoms with Crippen molar-refractivity contribution in [1.29, 1.82) is 0 Å². The maximum atomic E-state index is 12.4. The van der Waals surface area contributed by atoms with Crippen LogP contribution in [-0.4, -0.2) is 51.4 Å². The maximum absolute atomic E-state index is 12.4. The Bertz CT molecular complexity index is 945. The van der Waals surface area contributed by atoms with Crippen LogP contribution in [0.3, 0.4) is 0 Å². The zero-order valence-electron chi connectivity index (χ0n) is 14.7. The molecule has 0 unspecified atom stereocenters. The molecule has 1 amide bonds. The number of aromatic amines is 1. The lowest BCUT2D eigenvalue weighted by molar-refractivity contribution is 0.0944. The van der Waals surface area contributed by atoms with Gasteiger partial charge in [0.1, 0.15) is 0 Å². The minimum Gasteiger partial charge on any atom is -0.345 e. The van der Waals surface area contributed by atoms with E-state index in [9.17, 15) is 13.2 Å². The third kappa shape index (κ3) is 3.26. The van der Waals surface area contributed by atoms with Crippen LogP contribution >= 0.6 is 0 Å². The first-order valence-corrected chi connectivity index (χ1v) is 10.6. The third-order valence-electron chi connectivity index (χ3n) is 4.95. The molecule has 0 saturated carbocycles. The van der Waals surface area contributed by atoms with Gasteiger partial charge < -0.3 is 5.32 Å². The van der Waals surface area contributed by atoms with E-state index in [4.69, 9.17) is 0 Å². The molecule has 0 bridgehead atoms. The number of hydrogen-bond donors (Lipinski definition) is 2. The van der Waals surface area contributed by atoms with Gasteiger partial charge in [-0.25, -0.2) is 8.42 Å². The van der Waals surface area contributed by atoms with Crippen molar-refractivity contribution in [1.82, 2.24) is 29.6 Å². The molecule has 1 aliphatic heterocycles. The van der Waals surface area contributed by atoms with Gasteiger partial charge in [0, 0.05) is 24.3 Å². The Kier molecular flexibility index (Phi) is 4.31. The van der Waals surface area contributed by atoms with Gasteiger partial charge >= 0.3 is 0 Å². The van der Waals surface area contributed by atoms with E-state index in [1.165, 1.54) is 10.6 Å². The highest BCUT2D eigenvalue weighted by molar-refractivity contribution is 7.88. The molecule has 0 saturated heterocycles. The Balaban J connectivity index is 1.44. The summed E-state index contributed by atoms with van der Waals surface area (Å²) in [5.74, 6) is -0.203. The summed E-state index contributed by atoms with van der Waals surface area (Å²) in [6, 6.07) is 1.86. The number of amides is 1. The lowest BCUT2D eigenvalue weighted by Gasteiger charge is -2.16. The number of sulfonamides is 1. The second-order valence-electron chi connectivity index (χ2n) is 6.87. The summed E-state index contributed by atoms with van der Waals surface area (Å²) in [5.41, 5.74) is 4.12. The van der Waals surface area contributed by atoms with Crippen molar-refractivity contribution in [3.05, 3.63) is 34.4 Å². The Morgan fingerprint density at radius 1 is 1.31 bits per heavy atom. The predicted molar refractivity (Wildman–Crippen MR) is 93.9 cm³/mol. The minimum absolute atomic E-state index is 0.203. The molecular weight excluding hydrogens is 356 g/mol. The van der Waals surface area contributed by atoms with E-state index in [2.05, 4.69) is 20.6 Å². The van der Waals surface area contributed by atoms with E-state index in [-0.39, 0.29) is 5.91 Å². The Labute approximate surface area is 151 Å². The lowest BCUT2D eigenvalue weighted by atomic mass is 10.2. The summed E-state index contributed by atoms with van der Waals surface area (Å²) in [4.78, 5) is 12.4. The molecule has 10 heteroatoms. The van der Waals surface area contributed by atoms with Crippen molar-refractivity contribution in [2.24, 2.45) is 0 Å². The fraction of sp³-hybridized carbons (Fsp3) is 0.562. The average Bonchev–Trinajstić information content (AvgIpc) is 3.24. The van der Waals surface area contributed by atoms with Crippen LogP contribution < -0.4 is 5.32 Å². The standard InChI is InChI=1S/C16H22N6O3S/c1-26(24,25)21-6-3-7-22-12(10-21)8-11(20-22)9-17-16(23)15-13-4-2-5-14(13)18-19-15/h8H,2-7,9-10H2,1H3,(H,17,23)(H,18,19). The fourth-order valence-corrected chi connectivity index (χ4v) is 4.45. The van der Waals surface area contributed by atoms with E-state index in [1.54, 1.807) is 0 Å². The Hall–Kier alpha value is -2.20. The summed E-state index contributed by atoms with van der Waals surface area (Å²) in [6.07, 6.45) is 4.82. The van der Waals surface area contributed by atoms with Crippen molar-refractivity contribution >= 4 is 15.9 Å². The van der Waals surface area contributed by atoms with Gasteiger partial charge in [0.2, 0.25) is 10.0 Å². The van der Waals surface area contributed by atoms with Crippen LogP contribution in [0.25, 0.3) is 0 Å². The molecule has 0 aromatic carbocycles. The van der Waals surface area contributed by atoms with Gasteiger partial charge in [0.25, 0.3) is 5.91 Å². The second-order valence-corrected chi connectivity index (χ2v) is 8.85. The molecule has 3 heterocycles. The van der Waals surface area contributed by atoms with Gasteiger partial charge in [-0.1, -0.05) is 0 Å². The van der Waals surface area contributed by atoms with Gasteiger partial charge in [0.15, 0.2) is 5.69 Å². The van der Waals surface area contributed by atoms with Crippen LogP contribution in [0.1, 0.15) is 46.0 Å². The number of nitrogens with zero attached hydrogens (tertiary/aromatic N) is 4. The first-order valence-electron chi connectivity index (χ1n) is 8.77. The molecule has 0 atom stereocenters. The van der Waals surface area contributed by atoms with Gasteiger partial charge in [-0.05, 0) is 31.7 Å². The van der Waals surface area contributed by atoms with E-state index in [0.29, 0.717) is 38.3 Å². The third-order valence-corrected chi connectivity index (χ3v) is 6.20. The van der Waals surface area contributed by atoms with Crippen molar-refractivity contribution in [3.63, 3.8) is 0 Å². The van der Waals surface area contributed by atoms with Crippen LogP contribution in [0.2, 0.25) is 0 Å². The van der Waals surface area contributed by atoms with Crippen LogP contribution in [0.4, 0.5) is 0 Å². The fourth-order valence-electron chi connectivity index (χ4n) is 3.62. The Morgan fingerprint density at radius 3 is 2.96 bits per heavy atom. The van der Waals surface area contributed by atoms with E-state index >= 15 is 0 Å². The molecule has 2 N–H and O–H groups in total. The number of carbonyl (C=O) groups is 1. The number of hydrogen-bond acceptors (Lipinski definition) is 5. The van der Waals surface area contributed by atoms with Gasteiger partial charge in [-0.2, -0.15) is 14.5 Å². The van der Waals surface area contributed by atoms with Crippen molar-refractivity contribution in [2.75, 3.05) is 12.8 Å². The maximum Gasteiger partial charge on any atom is 0.272 e. The number of fused-ring (bicyclic) bond motifs is 2. The van der Waals surface area contributed by atoms with E-state index < -0.39 is 10.0 Å². The van der Waals surface area contributed by atoms with Crippen molar-refractivity contribution in [3.8, 4) is 0 Å². The number of aromatic nitrogens is 4. The summed E-state index contributed by atoms with van der Waals surface area (Å²) in [6.45, 7) is 1.77.